The number of hydrogen-bond acceptors (Lipinski definition) is 2. The zero-order valence-electron chi connectivity index (χ0n) is 7.22. The number of phosphoric acid groups is 2. The first-order valence-corrected chi connectivity index (χ1v) is 4.70. The molecule has 0 atom stereocenters. The smallest absolute Gasteiger partial charge is 0.303 e. The van der Waals surface area contributed by atoms with E-state index in [4.69, 9.17) is 38.5 Å². The first-order valence-electron chi connectivity index (χ1n) is 1.57. The van der Waals surface area contributed by atoms with Crippen LogP contribution in [0.3, 0.4) is 0 Å². The average Bonchev–Trinajstić information content (AvgIpc) is 1.12. The molecule has 0 unspecified atom stereocenters. The molecule has 0 aliphatic heterocycles. The van der Waals surface area contributed by atoms with Crippen molar-refractivity contribution < 1.29 is 38.5 Å². The predicted molar refractivity (Wildman–Crippen MR) is 51.5 cm³/mol. The second-order valence-corrected chi connectivity index (χ2v) is 3.08. The molecule has 6 N–H and O–H groups in total. The maximum absolute atomic E-state index is 8.88. The SMILES string of the molecule is O=P(O)(O)O.O=P(O)(O)O.[Ca+2].[Ca+2].[Ca+2].[Ca+2]. The average molecular weight is 356 g/mol. The monoisotopic (exact) mass is 356 g/mol. The molecule has 0 bridgehead atoms. The Hall–Kier alpha value is 5.26. The normalized spacial score (nSPS) is 8.43. The van der Waals surface area contributed by atoms with Crippen LogP contribution in [0.15, 0.2) is 0 Å². The van der Waals surface area contributed by atoms with Gasteiger partial charge < -0.3 is 29.4 Å². The van der Waals surface area contributed by atoms with Gasteiger partial charge in [-0.15, -0.1) is 0 Å². The maximum atomic E-state index is 8.88. The number of hydrogen-bond donors (Lipinski definition) is 6. The fourth-order valence-corrected chi connectivity index (χ4v) is 0. The maximum Gasteiger partial charge on any atom is 2.00 e. The van der Waals surface area contributed by atoms with Gasteiger partial charge in [0.15, 0.2) is 0 Å². The van der Waals surface area contributed by atoms with Crippen molar-refractivity contribution in [3.05, 3.63) is 0 Å². The Kier molecular flexibility index (Phi) is 47.6. The fourth-order valence-electron chi connectivity index (χ4n) is 0. The van der Waals surface area contributed by atoms with Crippen molar-refractivity contribution in [1.82, 2.24) is 0 Å². The Morgan fingerprint density at radius 2 is 0.500 bits per heavy atom. The van der Waals surface area contributed by atoms with Gasteiger partial charge in [0.1, 0.15) is 0 Å². The molecule has 14 heavy (non-hydrogen) atoms. The molecule has 0 aromatic rings. The summed E-state index contributed by atoms with van der Waals surface area (Å²) in [5.41, 5.74) is 0. The third kappa shape index (κ3) is 165. The second-order valence-electron chi connectivity index (χ2n) is 1.03. The molecule has 0 heterocycles. The summed E-state index contributed by atoms with van der Waals surface area (Å²) in [7, 11) is -9.28. The van der Waals surface area contributed by atoms with E-state index in [1.807, 2.05) is 0 Å². The second kappa shape index (κ2) is 18.3. The van der Waals surface area contributed by atoms with Crippen molar-refractivity contribution >= 4 is 167 Å². The molecule has 0 radical (unpaired) electrons. The van der Waals surface area contributed by atoms with E-state index in [2.05, 4.69) is 0 Å². The van der Waals surface area contributed by atoms with E-state index in [9.17, 15) is 0 Å². The van der Waals surface area contributed by atoms with Gasteiger partial charge in [-0.25, -0.2) is 9.13 Å². The summed E-state index contributed by atoms with van der Waals surface area (Å²) in [4.78, 5) is 43.1. The summed E-state index contributed by atoms with van der Waals surface area (Å²) in [6.45, 7) is 0. The van der Waals surface area contributed by atoms with Gasteiger partial charge in [-0.2, -0.15) is 0 Å². The van der Waals surface area contributed by atoms with Crippen molar-refractivity contribution in [1.29, 1.82) is 0 Å². The standard InChI is InChI=1S/4Ca.2H3O4P/c;;;;2*1-5(2,3)4/h;;;;2*(H3,1,2,3,4)/q4*+2;;. The van der Waals surface area contributed by atoms with E-state index in [-0.39, 0.29) is 151 Å². The van der Waals surface area contributed by atoms with Gasteiger partial charge in [0.2, 0.25) is 0 Å². The van der Waals surface area contributed by atoms with E-state index in [0.717, 1.165) is 0 Å². The van der Waals surface area contributed by atoms with Crippen LogP contribution >= 0.6 is 15.6 Å². The summed E-state index contributed by atoms with van der Waals surface area (Å²) in [5, 5.41) is 0. The molecular formula is H6Ca4O8P2+8. The van der Waals surface area contributed by atoms with E-state index >= 15 is 0 Å². The molecule has 0 spiro atoms. The van der Waals surface area contributed by atoms with Crippen molar-refractivity contribution in [2.75, 3.05) is 0 Å². The van der Waals surface area contributed by atoms with Gasteiger partial charge in [0.25, 0.3) is 0 Å². The van der Waals surface area contributed by atoms with E-state index in [1.165, 1.54) is 0 Å². The molecule has 0 saturated carbocycles. The van der Waals surface area contributed by atoms with Gasteiger partial charge in [-0.3, -0.25) is 0 Å². The summed E-state index contributed by atoms with van der Waals surface area (Å²) < 4.78 is 17.8. The van der Waals surface area contributed by atoms with Gasteiger partial charge >= 0.3 is 167 Å². The largest absolute Gasteiger partial charge is 2.00 e. The molecule has 64 valence electrons. The van der Waals surface area contributed by atoms with Crippen molar-refractivity contribution in [2.45, 2.75) is 0 Å². The Morgan fingerprint density at radius 1 is 0.500 bits per heavy atom. The van der Waals surface area contributed by atoms with Gasteiger partial charge in [0.05, 0.1) is 0 Å². The predicted octanol–water partition coefficient (Wildman–Crippen LogP) is -3.38. The molecule has 8 nitrogen and oxygen atoms in total. The fraction of sp³-hybridized carbons (Fsp3) is 0. The van der Waals surface area contributed by atoms with Crippen molar-refractivity contribution in [3.63, 3.8) is 0 Å². The van der Waals surface area contributed by atoms with Crippen molar-refractivity contribution in [3.8, 4) is 0 Å². The zero-order valence-corrected chi connectivity index (χ0v) is 17.8. The summed E-state index contributed by atoms with van der Waals surface area (Å²) >= 11 is 0. The Labute approximate surface area is 200 Å². The quantitative estimate of drug-likeness (QED) is 0.194. The van der Waals surface area contributed by atoms with Crippen molar-refractivity contribution in [2.24, 2.45) is 0 Å². The molecule has 0 aliphatic rings. The van der Waals surface area contributed by atoms with E-state index in [1.54, 1.807) is 0 Å². The summed E-state index contributed by atoms with van der Waals surface area (Å²) in [6, 6.07) is 0. The Bertz CT molecular complexity index is 132. The number of rotatable bonds is 0. The van der Waals surface area contributed by atoms with Gasteiger partial charge in [-0.05, 0) is 0 Å². The van der Waals surface area contributed by atoms with Crippen LogP contribution in [-0.4, -0.2) is 180 Å². The molecule has 0 rings (SSSR count). The minimum absolute atomic E-state index is 0. The van der Waals surface area contributed by atoms with Crippen LogP contribution in [0.25, 0.3) is 0 Å². The molecular weight excluding hydrogens is 350 g/mol. The molecule has 0 amide bonds. The van der Waals surface area contributed by atoms with E-state index in [0.29, 0.717) is 0 Å². The minimum Gasteiger partial charge on any atom is -0.303 e. The summed E-state index contributed by atoms with van der Waals surface area (Å²) in [6.07, 6.45) is 0. The molecule has 0 aromatic heterocycles. The van der Waals surface area contributed by atoms with Crippen LogP contribution in [0.1, 0.15) is 0 Å². The Morgan fingerprint density at radius 3 is 0.500 bits per heavy atom. The first kappa shape index (κ1) is 36.5. The minimum atomic E-state index is -4.64. The molecule has 0 aromatic carbocycles. The van der Waals surface area contributed by atoms with Gasteiger partial charge in [0, 0.05) is 0 Å². The van der Waals surface area contributed by atoms with Gasteiger partial charge in [-0.1, -0.05) is 0 Å². The van der Waals surface area contributed by atoms with Crippen LogP contribution in [0.5, 0.6) is 0 Å². The van der Waals surface area contributed by atoms with Crippen LogP contribution in [-0.2, 0) is 9.13 Å². The third-order valence-corrected chi connectivity index (χ3v) is 0. The van der Waals surface area contributed by atoms with E-state index < -0.39 is 15.6 Å². The van der Waals surface area contributed by atoms with Crippen LogP contribution in [0, 0.1) is 0 Å². The molecule has 0 saturated heterocycles. The zero-order chi connectivity index (χ0) is 9.00. The van der Waals surface area contributed by atoms with Crippen LogP contribution in [0.2, 0.25) is 0 Å². The third-order valence-electron chi connectivity index (χ3n) is 0. The molecule has 14 heteroatoms. The first-order chi connectivity index (χ1) is 4.00. The molecule has 0 fully saturated rings. The topological polar surface area (TPSA) is 156 Å². The summed E-state index contributed by atoms with van der Waals surface area (Å²) in [5.74, 6) is 0. The van der Waals surface area contributed by atoms with Crippen LogP contribution < -0.4 is 0 Å². The Balaban J connectivity index is -0.0000000178. The molecule has 0 aliphatic carbocycles. The van der Waals surface area contributed by atoms with Crippen LogP contribution in [0.4, 0.5) is 0 Å².